The molecule has 0 amide bonds. The fourth-order valence-electron chi connectivity index (χ4n) is 1.96. The van der Waals surface area contributed by atoms with Gasteiger partial charge in [0.05, 0.1) is 17.9 Å². The lowest BCUT2D eigenvalue weighted by molar-refractivity contribution is 0.0686. The van der Waals surface area contributed by atoms with Crippen LogP contribution in [0, 0.1) is 0 Å². The summed E-state index contributed by atoms with van der Waals surface area (Å²) in [6.07, 6.45) is 3.23. The van der Waals surface area contributed by atoms with Crippen molar-refractivity contribution in [1.82, 2.24) is 20.0 Å². The molecular formula is C14H12N4O3. The number of hydrogen-bond donors (Lipinski definition) is 1. The molecule has 3 rings (SSSR count). The predicted octanol–water partition coefficient (Wildman–Crippen LogP) is 2.34. The summed E-state index contributed by atoms with van der Waals surface area (Å²) in [6.45, 7) is 2.65. The Labute approximate surface area is 119 Å². The van der Waals surface area contributed by atoms with Crippen LogP contribution in [0.2, 0.25) is 0 Å². The van der Waals surface area contributed by atoms with Gasteiger partial charge in [-0.1, -0.05) is 12.1 Å². The van der Waals surface area contributed by atoms with Gasteiger partial charge in [0, 0.05) is 11.9 Å². The second-order valence-electron chi connectivity index (χ2n) is 4.33. The van der Waals surface area contributed by atoms with Crippen LogP contribution in [0.3, 0.4) is 0 Å². The van der Waals surface area contributed by atoms with Crippen molar-refractivity contribution in [2.24, 2.45) is 0 Å². The van der Waals surface area contributed by atoms with Gasteiger partial charge in [0.25, 0.3) is 0 Å². The summed E-state index contributed by atoms with van der Waals surface area (Å²) in [7, 11) is 0. The van der Waals surface area contributed by atoms with Crippen molar-refractivity contribution in [2.45, 2.75) is 13.5 Å². The number of rotatable bonds is 4. The van der Waals surface area contributed by atoms with Crippen molar-refractivity contribution in [3.63, 3.8) is 0 Å². The van der Waals surface area contributed by atoms with Crippen LogP contribution in [0.15, 0.2) is 36.7 Å². The van der Waals surface area contributed by atoms with Crippen LogP contribution < -0.4 is 4.74 Å². The average Bonchev–Trinajstić information content (AvgIpc) is 2.95. The number of nitrogens with zero attached hydrogens (tertiary/aromatic N) is 4. The number of aromatic nitrogens is 4. The molecule has 0 fully saturated rings. The standard InChI is InChI=1S/C14H12N4O3/c1-2-18-8-9(7-15-18)21-13-10-5-3-4-6-11(10)16-17-12(13)14(19)20/h3-8H,2H2,1H3,(H,19,20). The molecule has 1 aromatic carbocycles. The SMILES string of the molecule is CCn1cc(Oc2c(C(=O)O)nnc3ccccc23)cn1. The zero-order chi connectivity index (χ0) is 14.8. The number of hydrogen-bond acceptors (Lipinski definition) is 5. The van der Waals surface area contributed by atoms with Crippen LogP contribution in [0.1, 0.15) is 17.4 Å². The van der Waals surface area contributed by atoms with E-state index in [0.717, 1.165) is 0 Å². The number of carboxylic acid groups (broad SMARTS) is 1. The quantitative estimate of drug-likeness (QED) is 0.790. The van der Waals surface area contributed by atoms with Gasteiger partial charge in [-0.3, -0.25) is 4.68 Å². The van der Waals surface area contributed by atoms with Crippen molar-refractivity contribution in [3.05, 3.63) is 42.4 Å². The van der Waals surface area contributed by atoms with E-state index in [-0.39, 0.29) is 11.4 Å². The molecule has 3 aromatic rings. The molecule has 0 unspecified atom stereocenters. The minimum atomic E-state index is -1.19. The van der Waals surface area contributed by atoms with Gasteiger partial charge in [-0.15, -0.1) is 10.2 Å². The first-order valence-corrected chi connectivity index (χ1v) is 6.38. The van der Waals surface area contributed by atoms with Crippen LogP contribution in [0.4, 0.5) is 0 Å². The monoisotopic (exact) mass is 284 g/mol. The zero-order valence-corrected chi connectivity index (χ0v) is 11.2. The first kappa shape index (κ1) is 13.0. The lowest BCUT2D eigenvalue weighted by Gasteiger charge is -2.08. The highest BCUT2D eigenvalue weighted by molar-refractivity contribution is 5.96. The van der Waals surface area contributed by atoms with Crippen LogP contribution in [-0.4, -0.2) is 31.1 Å². The molecule has 7 heteroatoms. The summed E-state index contributed by atoms with van der Waals surface area (Å²) < 4.78 is 7.39. The summed E-state index contributed by atoms with van der Waals surface area (Å²) in [5, 5.41) is 21.6. The van der Waals surface area contributed by atoms with E-state index in [1.165, 1.54) is 6.20 Å². The van der Waals surface area contributed by atoms with Crippen LogP contribution in [0.25, 0.3) is 10.9 Å². The minimum Gasteiger partial charge on any atom is -0.476 e. The Balaban J connectivity index is 2.13. The van der Waals surface area contributed by atoms with Gasteiger partial charge < -0.3 is 9.84 Å². The lowest BCUT2D eigenvalue weighted by atomic mass is 10.2. The maximum absolute atomic E-state index is 11.3. The number of ether oxygens (including phenoxy) is 1. The van der Waals surface area contributed by atoms with Crippen molar-refractivity contribution in [2.75, 3.05) is 0 Å². The van der Waals surface area contributed by atoms with Crippen molar-refractivity contribution in [1.29, 1.82) is 0 Å². The number of aryl methyl sites for hydroxylation is 1. The van der Waals surface area contributed by atoms with E-state index in [0.29, 0.717) is 23.2 Å². The molecule has 2 heterocycles. The van der Waals surface area contributed by atoms with Gasteiger partial charge in [0.15, 0.2) is 11.5 Å². The molecule has 0 aliphatic heterocycles. The van der Waals surface area contributed by atoms with Gasteiger partial charge >= 0.3 is 5.97 Å². The normalized spacial score (nSPS) is 10.7. The van der Waals surface area contributed by atoms with E-state index < -0.39 is 5.97 Å². The fourth-order valence-corrected chi connectivity index (χ4v) is 1.96. The molecule has 0 aliphatic rings. The Morgan fingerprint density at radius 1 is 1.33 bits per heavy atom. The van der Waals surface area contributed by atoms with Crippen molar-refractivity contribution < 1.29 is 14.6 Å². The summed E-state index contributed by atoms with van der Waals surface area (Å²) in [5.41, 5.74) is 0.346. The molecule has 0 atom stereocenters. The van der Waals surface area contributed by atoms with Crippen molar-refractivity contribution >= 4 is 16.9 Å². The molecule has 0 aliphatic carbocycles. The maximum Gasteiger partial charge on any atom is 0.360 e. The molecule has 1 N–H and O–H groups in total. The molecule has 0 bridgehead atoms. The largest absolute Gasteiger partial charge is 0.476 e. The first-order valence-electron chi connectivity index (χ1n) is 6.38. The van der Waals surface area contributed by atoms with Crippen LogP contribution in [-0.2, 0) is 6.54 Å². The average molecular weight is 284 g/mol. The van der Waals surface area contributed by atoms with E-state index in [2.05, 4.69) is 15.3 Å². The number of carbonyl (C=O) groups is 1. The zero-order valence-electron chi connectivity index (χ0n) is 11.2. The highest BCUT2D eigenvalue weighted by atomic mass is 16.5. The van der Waals surface area contributed by atoms with E-state index in [4.69, 9.17) is 4.74 Å². The smallest absolute Gasteiger partial charge is 0.360 e. The maximum atomic E-state index is 11.3. The summed E-state index contributed by atoms with van der Waals surface area (Å²) in [5.74, 6) is -0.563. The third kappa shape index (κ3) is 2.40. The molecule has 2 aromatic heterocycles. The third-order valence-electron chi connectivity index (χ3n) is 2.98. The second-order valence-corrected chi connectivity index (χ2v) is 4.33. The first-order chi connectivity index (χ1) is 10.2. The third-order valence-corrected chi connectivity index (χ3v) is 2.98. The molecule has 106 valence electrons. The van der Waals surface area contributed by atoms with E-state index in [9.17, 15) is 9.90 Å². The minimum absolute atomic E-state index is 0.170. The van der Waals surface area contributed by atoms with Gasteiger partial charge in [0.1, 0.15) is 0 Å². The molecule has 0 radical (unpaired) electrons. The Kier molecular flexibility index (Phi) is 3.23. The Bertz CT molecular complexity index is 813. The summed E-state index contributed by atoms with van der Waals surface area (Å²) in [4.78, 5) is 11.3. The van der Waals surface area contributed by atoms with E-state index in [1.54, 1.807) is 35.1 Å². The Morgan fingerprint density at radius 2 is 2.14 bits per heavy atom. The topological polar surface area (TPSA) is 90.1 Å². The molecule has 0 saturated carbocycles. The fraction of sp³-hybridized carbons (Fsp3) is 0.143. The van der Waals surface area contributed by atoms with Gasteiger partial charge in [-0.05, 0) is 19.1 Å². The van der Waals surface area contributed by atoms with Crippen LogP contribution >= 0.6 is 0 Å². The molecule has 0 spiro atoms. The number of aromatic carboxylic acids is 1. The van der Waals surface area contributed by atoms with E-state index in [1.807, 2.05) is 6.92 Å². The highest BCUT2D eigenvalue weighted by Gasteiger charge is 2.19. The Morgan fingerprint density at radius 3 is 2.86 bits per heavy atom. The molecule has 0 saturated heterocycles. The molecular weight excluding hydrogens is 272 g/mol. The highest BCUT2D eigenvalue weighted by Crippen LogP contribution is 2.31. The number of benzene rings is 1. The summed E-state index contributed by atoms with van der Waals surface area (Å²) >= 11 is 0. The van der Waals surface area contributed by atoms with E-state index >= 15 is 0 Å². The molecule has 7 nitrogen and oxygen atoms in total. The van der Waals surface area contributed by atoms with Gasteiger partial charge in [-0.2, -0.15) is 5.10 Å². The number of carboxylic acids is 1. The number of fused-ring (bicyclic) bond motifs is 1. The molecule has 21 heavy (non-hydrogen) atoms. The van der Waals surface area contributed by atoms with Gasteiger partial charge in [-0.25, -0.2) is 4.79 Å². The predicted molar refractivity (Wildman–Crippen MR) is 74.5 cm³/mol. The van der Waals surface area contributed by atoms with Gasteiger partial charge in [0.2, 0.25) is 5.69 Å². The Hall–Kier alpha value is -2.96. The summed E-state index contributed by atoms with van der Waals surface area (Å²) in [6, 6.07) is 7.08. The lowest BCUT2D eigenvalue weighted by Crippen LogP contribution is -2.05. The van der Waals surface area contributed by atoms with Crippen LogP contribution in [0.5, 0.6) is 11.5 Å². The second kappa shape index (κ2) is 5.20. The van der Waals surface area contributed by atoms with Crippen molar-refractivity contribution in [3.8, 4) is 11.5 Å².